The lowest BCUT2D eigenvalue weighted by atomic mass is 10.2. The second-order valence-electron chi connectivity index (χ2n) is 3.11. The van der Waals surface area contributed by atoms with E-state index < -0.39 is 6.03 Å². The number of primary amides is 1. The number of nitrogens with two attached hydrogens (primary N) is 1. The van der Waals surface area contributed by atoms with Gasteiger partial charge in [-0.15, -0.1) is 0 Å². The first-order valence-electron chi connectivity index (χ1n) is 4.28. The van der Waals surface area contributed by atoms with Gasteiger partial charge in [-0.05, 0) is 19.1 Å². The van der Waals surface area contributed by atoms with E-state index in [4.69, 9.17) is 5.73 Å². The van der Waals surface area contributed by atoms with Gasteiger partial charge >= 0.3 is 6.03 Å². The van der Waals surface area contributed by atoms with E-state index in [1.54, 1.807) is 0 Å². The number of nitrogens with zero attached hydrogens (tertiary/aromatic N) is 2. The van der Waals surface area contributed by atoms with E-state index >= 15 is 0 Å². The smallest absolute Gasteiger partial charge is 0.332 e. The number of carbonyl (C=O) groups is 1. The van der Waals surface area contributed by atoms with Crippen molar-refractivity contribution in [3.63, 3.8) is 0 Å². The van der Waals surface area contributed by atoms with Crippen LogP contribution in [0.25, 0.3) is 0 Å². The van der Waals surface area contributed by atoms with Crippen LogP contribution < -0.4 is 11.2 Å². The van der Waals surface area contributed by atoms with Crippen molar-refractivity contribution in [1.29, 1.82) is 0 Å². The summed E-state index contributed by atoms with van der Waals surface area (Å²) in [6.07, 6.45) is 2.66. The molecule has 0 aliphatic rings. The van der Waals surface area contributed by atoms with Crippen LogP contribution in [0.5, 0.6) is 0 Å². The zero-order valence-electron chi connectivity index (χ0n) is 8.32. The Labute approximate surface area is 82.6 Å². The molecule has 1 aromatic heterocycles. The average molecular weight is 194 g/mol. The molecule has 0 bridgehead atoms. The zero-order chi connectivity index (χ0) is 10.6. The van der Waals surface area contributed by atoms with Crippen molar-refractivity contribution in [2.75, 3.05) is 0 Å². The summed E-state index contributed by atoms with van der Waals surface area (Å²) in [5.74, 6) is 0. The summed E-state index contributed by atoms with van der Waals surface area (Å²) >= 11 is 0. The van der Waals surface area contributed by atoms with Crippen LogP contribution in [0.15, 0.2) is 23.4 Å². The highest BCUT2D eigenvalue weighted by Crippen LogP contribution is 2.01. The van der Waals surface area contributed by atoms with Crippen LogP contribution in [0.1, 0.15) is 12.6 Å². The quantitative estimate of drug-likeness (QED) is 0.537. The number of aromatic nitrogens is 1. The normalized spacial score (nSPS) is 11.4. The Morgan fingerprint density at radius 1 is 1.71 bits per heavy atom. The third-order valence-electron chi connectivity index (χ3n) is 1.85. The van der Waals surface area contributed by atoms with Crippen molar-refractivity contribution in [2.24, 2.45) is 17.9 Å². The molecule has 76 valence electrons. The van der Waals surface area contributed by atoms with Gasteiger partial charge in [0.05, 0.1) is 0 Å². The van der Waals surface area contributed by atoms with E-state index in [1.165, 1.54) is 0 Å². The minimum atomic E-state index is -0.642. The van der Waals surface area contributed by atoms with Crippen LogP contribution >= 0.6 is 0 Å². The Bertz CT molecular complexity index is 353. The van der Waals surface area contributed by atoms with Gasteiger partial charge in [-0.3, -0.25) is 0 Å². The maximum atomic E-state index is 10.4. The molecule has 0 spiro atoms. The van der Waals surface area contributed by atoms with Crippen LogP contribution in [0.3, 0.4) is 0 Å². The van der Waals surface area contributed by atoms with Gasteiger partial charge in [0.15, 0.2) is 0 Å². The number of hydrogen-bond acceptors (Lipinski definition) is 2. The molecule has 1 heterocycles. The second kappa shape index (κ2) is 4.45. The van der Waals surface area contributed by atoms with Crippen LogP contribution in [0.2, 0.25) is 0 Å². The number of carbonyl (C=O) groups excluding carboxylic acids is 1. The zero-order valence-corrected chi connectivity index (χ0v) is 8.32. The van der Waals surface area contributed by atoms with E-state index in [0.717, 1.165) is 11.4 Å². The van der Waals surface area contributed by atoms with Crippen molar-refractivity contribution in [1.82, 2.24) is 9.99 Å². The number of hydrogen-bond donors (Lipinski definition) is 2. The fraction of sp³-hybridized carbons (Fsp3) is 0.333. The molecule has 1 aromatic rings. The molecule has 0 atom stereocenters. The molecule has 2 amide bonds. The lowest BCUT2D eigenvalue weighted by Crippen LogP contribution is -2.25. The van der Waals surface area contributed by atoms with Crippen molar-refractivity contribution in [2.45, 2.75) is 13.3 Å². The number of rotatable bonds is 3. The molecule has 5 nitrogen and oxygen atoms in total. The molecule has 0 saturated heterocycles. The van der Waals surface area contributed by atoms with Crippen molar-refractivity contribution >= 4 is 11.7 Å². The fourth-order valence-corrected chi connectivity index (χ4v) is 1.13. The Hall–Kier alpha value is -1.78. The van der Waals surface area contributed by atoms with Crippen LogP contribution in [-0.2, 0) is 13.5 Å². The number of urea groups is 1. The highest BCUT2D eigenvalue weighted by molar-refractivity contribution is 5.85. The molecule has 0 aliphatic heterocycles. The molecule has 3 N–H and O–H groups in total. The molecular weight excluding hydrogens is 180 g/mol. The molecule has 0 aliphatic carbocycles. The van der Waals surface area contributed by atoms with E-state index in [0.29, 0.717) is 6.42 Å². The van der Waals surface area contributed by atoms with Crippen LogP contribution in [0, 0.1) is 0 Å². The SMILES string of the molecule is C/C(Cc1cccn1C)=N/NC(N)=O. The van der Waals surface area contributed by atoms with Crippen molar-refractivity contribution in [3.05, 3.63) is 24.0 Å². The van der Waals surface area contributed by atoms with Gasteiger partial charge in [0, 0.05) is 31.1 Å². The Morgan fingerprint density at radius 3 is 2.93 bits per heavy atom. The number of aryl methyl sites for hydroxylation is 1. The molecule has 0 saturated carbocycles. The van der Waals surface area contributed by atoms with Crippen LogP contribution in [-0.4, -0.2) is 16.3 Å². The molecule has 5 heteroatoms. The molecule has 1 rings (SSSR count). The Morgan fingerprint density at radius 2 is 2.43 bits per heavy atom. The maximum absolute atomic E-state index is 10.4. The van der Waals surface area contributed by atoms with Gasteiger partial charge in [0.25, 0.3) is 0 Å². The first-order chi connectivity index (χ1) is 6.59. The van der Waals surface area contributed by atoms with E-state index in [9.17, 15) is 4.79 Å². The van der Waals surface area contributed by atoms with Gasteiger partial charge in [-0.25, -0.2) is 10.2 Å². The number of hydrazone groups is 1. The molecule has 0 unspecified atom stereocenters. The van der Waals surface area contributed by atoms with E-state index in [1.807, 2.05) is 36.9 Å². The van der Waals surface area contributed by atoms with Gasteiger partial charge in [0.1, 0.15) is 0 Å². The van der Waals surface area contributed by atoms with Gasteiger partial charge < -0.3 is 10.3 Å². The monoisotopic (exact) mass is 194 g/mol. The van der Waals surface area contributed by atoms with Crippen LogP contribution in [0.4, 0.5) is 4.79 Å². The summed E-state index contributed by atoms with van der Waals surface area (Å²) in [6, 6.07) is 3.32. The van der Waals surface area contributed by atoms with Crippen molar-refractivity contribution < 1.29 is 4.79 Å². The van der Waals surface area contributed by atoms with E-state index in [-0.39, 0.29) is 0 Å². The molecule has 0 fully saturated rings. The average Bonchev–Trinajstić information content (AvgIpc) is 2.49. The fourth-order valence-electron chi connectivity index (χ4n) is 1.13. The molecular formula is C9H14N4O. The standard InChI is InChI=1S/C9H14N4O/c1-7(11-12-9(10)14)6-8-4-3-5-13(8)2/h3-5H,6H2,1-2H3,(H3,10,12,14)/b11-7-. The predicted molar refractivity (Wildman–Crippen MR) is 54.9 cm³/mol. The number of amides is 2. The second-order valence-corrected chi connectivity index (χ2v) is 3.11. The third-order valence-corrected chi connectivity index (χ3v) is 1.85. The highest BCUT2D eigenvalue weighted by Gasteiger charge is 1.99. The van der Waals surface area contributed by atoms with Gasteiger partial charge in [-0.2, -0.15) is 5.10 Å². The highest BCUT2D eigenvalue weighted by atomic mass is 16.2. The largest absolute Gasteiger partial charge is 0.354 e. The summed E-state index contributed by atoms with van der Waals surface area (Å²) in [5.41, 5.74) is 9.02. The summed E-state index contributed by atoms with van der Waals surface area (Å²) in [7, 11) is 1.96. The minimum Gasteiger partial charge on any atom is -0.354 e. The minimum absolute atomic E-state index is 0.642. The summed E-state index contributed by atoms with van der Waals surface area (Å²) in [4.78, 5) is 10.4. The number of nitrogens with one attached hydrogen (secondary N) is 1. The van der Waals surface area contributed by atoms with Gasteiger partial charge in [0.2, 0.25) is 0 Å². The first kappa shape index (κ1) is 10.3. The van der Waals surface area contributed by atoms with E-state index in [2.05, 4.69) is 10.5 Å². The Kier molecular flexibility index (Phi) is 3.28. The Balaban J connectivity index is 2.57. The predicted octanol–water partition coefficient (Wildman–Crippen LogP) is 0.612. The third kappa shape index (κ3) is 2.93. The first-order valence-corrected chi connectivity index (χ1v) is 4.28. The molecule has 0 aromatic carbocycles. The summed E-state index contributed by atoms with van der Waals surface area (Å²) < 4.78 is 2.00. The van der Waals surface area contributed by atoms with Gasteiger partial charge in [-0.1, -0.05) is 0 Å². The molecule has 0 radical (unpaired) electrons. The topological polar surface area (TPSA) is 72.4 Å². The molecule has 14 heavy (non-hydrogen) atoms. The van der Waals surface area contributed by atoms with Crippen molar-refractivity contribution in [3.8, 4) is 0 Å². The lowest BCUT2D eigenvalue weighted by Gasteiger charge is -2.02. The summed E-state index contributed by atoms with van der Waals surface area (Å²) in [6.45, 7) is 1.84. The lowest BCUT2D eigenvalue weighted by molar-refractivity contribution is 0.249. The maximum Gasteiger partial charge on any atom is 0.332 e. The summed E-state index contributed by atoms with van der Waals surface area (Å²) in [5, 5.41) is 3.82.